The first-order chi connectivity index (χ1) is 15.4. The summed E-state index contributed by atoms with van der Waals surface area (Å²) in [6.07, 6.45) is -4.11. The van der Waals surface area contributed by atoms with Crippen LogP contribution in [0.5, 0.6) is 0 Å². The number of methoxy groups -OCH3 is 1. The average Bonchev–Trinajstić information content (AvgIpc) is 2.76. The van der Waals surface area contributed by atoms with Crippen LogP contribution in [0.3, 0.4) is 0 Å². The number of aliphatic hydroxyl groups is 3. The van der Waals surface area contributed by atoms with E-state index >= 15 is 0 Å². The summed E-state index contributed by atoms with van der Waals surface area (Å²) in [6, 6.07) is 0. The van der Waals surface area contributed by atoms with Crippen molar-refractivity contribution in [3.8, 4) is 0 Å². The van der Waals surface area contributed by atoms with E-state index < -0.39 is 42.3 Å². The molecule has 0 aromatic heterocycles. The second kappa shape index (κ2) is 10.2. The van der Waals surface area contributed by atoms with Crippen LogP contribution < -0.4 is 5.32 Å². The van der Waals surface area contributed by atoms with Crippen LogP contribution in [0.1, 0.15) is 47.0 Å². The summed E-state index contributed by atoms with van der Waals surface area (Å²) >= 11 is 0. The molecule has 3 rings (SSSR count). The van der Waals surface area contributed by atoms with E-state index in [1.54, 1.807) is 0 Å². The Hall–Kier alpha value is -1.11. The lowest BCUT2D eigenvalue weighted by Gasteiger charge is -2.50. The maximum absolute atomic E-state index is 13.1. The number of carbonyl (C=O) groups is 1. The zero-order chi connectivity index (χ0) is 24.6. The second-order valence-electron chi connectivity index (χ2n) is 10.1. The maximum Gasteiger partial charge on any atom is 0.256 e. The molecule has 3 saturated heterocycles. The van der Waals surface area contributed by atoms with Crippen molar-refractivity contribution in [2.24, 2.45) is 11.3 Å². The summed E-state index contributed by atoms with van der Waals surface area (Å²) in [7, 11) is 1.39. The van der Waals surface area contributed by atoms with E-state index in [1.165, 1.54) is 7.11 Å². The van der Waals surface area contributed by atoms with E-state index in [-0.39, 0.29) is 49.8 Å². The van der Waals surface area contributed by atoms with Crippen molar-refractivity contribution in [3.63, 3.8) is 0 Å². The third-order valence-corrected chi connectivity index (χ3v) is 7.31. The van der Waals surface area contributed by atoms with Crippen LogP contribution in [0.15, 0.2) is 12.2 Å². The highest BCUT2D eigenvalue weighted by Gasteiger charge is 2.52. The van der Waals surface area contributed by atoms with Crippen LogP contribution in [0.4, 0.5) is 0 Å². The van der Waals surface area contributed by atoms with Crippen LogP contribution >= 0.6 is 0 Å². The summed E-state index contributed by atoms with van der Waals surface area (Å²) in [4.78, 5) is 13.1. The number of amides is 1. The molecule has 3 heterocycles. The minimum atomic E-state index is -1.63. The molecule has 0 aliphatic carbocycles. The molecule has 10 nitrogen and oxygen atoms in total. The fourth-order valence-electron chi connectivity index (χ4n) is 4.84. The van der Waals surface area contributed by atoms with Crippen LogP contribution in [-0.2, 0) is 28.5 Å². The Balaban J connectivity index is 1.72. The van der Waals surface area contributed by atoms with E-state index in [9.17, 15) is 20.1 Å². The molecule has 0 bridgehead atoms. The lowest BCUT2D eigenvalue weighted by atomic mass is 9.75. The van der Waals surface area contributed by atoms with Gasteiger partial charge in [-0.2, -0.15) is 0 Å². The van der Waals surface area contributed by atoms with Gasteiger partial charge in [-0.3, -0.25) is 4.79 Å². The van der Waals surface area contributed by atoms with Crippen molar-refractivity contribution in [3.05, 3.63) is 12.2 Å². The van der Waals surface area contributed by atoms with E-state index in [4.69, 9.17) is 23.7 Å². The predicted octanol–water partition coefficient (Wildman–Crippen LogP) is 0.433. The Morgan fingerprint density at radius 1 is 1.30 bits per heavy atom. The molecule has 3 aliphatic heterocycles. The van der Waals surface area contributed by atoms with Crippen LogP contribution in [-0.4, -0.2) is 90.4 Å². The van der Waals surface area contributed by atoms with Gasteiger partial charge in [-0.1, -0.05) is 32.9 Å². The van der Waals surface area contributed by atoms with E-state index in [0.717, 1.165) is 5.57 Å². The molecule has 0 spiro atoms. The first kappa shape index (κ1) is 26.5. The van der Waals surface area contributed by atoms with Gasteiger partial charge in [0, 0.05) is 25.9 Å². The zero-order valence-electron chi connectivity index (χ0n) is 20.2. The fourth-order valence-corrected chi connectivity index (χ4v) is 4.84. The van der Waals surface area contributed by atoms with Crippen molar-refractivity contribution >= 4 is 5.91 Å². The Morgan fingerprint density at radius 2 is 2.00 bits per heavy atom. The molecule has 0 saturated carbocycles. The molecule has 0 radical (unpaired) electrons. The number of hydrogen-bond acceptors (Lipinski definition) is 9. The Kier molecular flexibility index (Phi) is 8.23. The molecule has 33 heavy (non-hydrogen) atoms. The van der Waals surface area contributed by atoms with E-state index in [2.05, 4.69) is 11.9 Å². The van der Waals surface area contributed by atoms with Gasteiger partial charge in [-0.25, -0.2) is 0 Å². The topological polar surface area (TPSA) is 136 Å². The molecular formula is C23H39NO9. The monoisotopic (exact) mass is 473 g/mol. The van der Waals surface area contributed by atoms with Gasteiger partial charge < -0.3 is 44.3 Å². The average molecular weight is 474 g/mol. The Morgan fingerprint density at radius 3 is 2.61 bits per heavy atom. The molecule has 3 aliphatic rings. The molecule has 0 aromatic rings. The molecule has 0 aromatic carbocycles. The van der Waals surface area contributed by atoms with Crippen LogP contribution in [0.25, 0.3) is 0 Å². The first-order valence-corrected chi connectivity index (χ1v) is 11.5. The number of fused-ring (bicyclic) bond motifs is 1. The van der Waals surface area contributed by atoms with Gasteiger partial charge in [0.25, 0.3) is 5.91 Å². The van der Waals surface area contributed by atoms with Crippen molar-refractivity contribution in [1.29, 1.82) is 0 Å². The van der Waals surface area contributed by atoms with E-state index in [1.807, 2.05) is 27.7 Å². The number of carbonyl (C=O) groups excluding carboxylic acids is 1. The zero-order valence-corrected chi connectivity index (χ0v) is 20.2. The third-order valence-electron chi connectivity index (χ3n) is 7.31. The summed E-state index contributed by atoms with van der Waals surface area (Å²) in [5.41, 5.74) is 0.499. The molecule has 190 valence electrons. The van der Waals surface area contributed by atoms with Crippen molar-refractivity contribution in [1.82, 2.24) is 5.32 Å². The fraction of sp³-hybridized carbons (Fsp3) is 0.870. The molecule has 9 atom stereocenters. The normalized spacial score (nSPS) is 40.5. The summed E-state index contributed by atoms with van der Waals surface area (Å²) in [5.74, 6) is -2.22. The van der Waals surface area contributed by atoms with Crippen molar-refractivity contribution in [2.45, 2.75) is 95.6 Å². The van der Waals surface area contributed by atoms with Gasteiger partial charge >= 0.3 is 0 Å². The number of ether oxygens (including phenoxy) is 5. The second-order valence-corrected chi connectivity index (χ2v) is 10.1. The van der Waals surface area contributed by atoms with Gasteiger partial charge in [0.15, 0.2) is 12.3 Å². The minimum Gasteiger partial charge on any atom is -0.394 e. The smallest absolute Gasteiger partial charge is 0.256 e. The summed E-state index contributed by atoms with van der Waals surface area (Å²) in [5, 5.41) is 32.9. The number of rotatable bonds is 7. The van der Waals surface area contributed by atoms with Crippen LogP contribution in [0, 0.1) is 11.3 Å². The van der Waals surface area contributed by atoms with E-state index in [0.29, 0.717) is 6.42 Å². The molecule has 3 fully saturated rings. The van der Waals surface area contributed by atoms with Gasteiger partial charge in [0.1, 0.15) is 12.9 Å². The van der Waals surface area contributed by atoms with Gasteiger partial charge in [-0.15, -0.1) is 0 Å². The highest BCUT2D eigenvalue weighted by Crippen LogP contribution is 2.42. The number of hydrogen-bond donors (Lipinski definition) is 4. The number of aliphatic hydroxyl groups excluding tert-OH is 3. The lowest BCUT2D eigenvalue weighted by Crippen LogP contribution is -2.65. The van der Waals surface area contributed by atoms with Gasteiger partial charge in [-0.05, 0) is 18.8 Å². The summed E-state index contributed by atoms with van der Waals surface area (Å²) in [6.45, 7) is 11.5. The predicted molar refractivity (Wildman–Crippen MR) is 117 cm³/mol. The Bertz CT molecular complexity index is 716. The number of nitrogens with one attached hydrogen (secondary N) is 1. The third kappa shape index (κ3) is 5.43. The first-order valence-electron chi connectivity index (χ1n) is 11.5. The van der Waals surface area contributed by atoms with Gasteiger partial charge in [0.05, 0.1) is 31.0 Å². The molecule has 1 amide bonds. The minimum absolute atomic E-state index is 0.0388. The summed E-state index contributed by atoms with van der Waals surface area (Å²) < 4.78 is 29.0. The lowest BCUT2D eigenvalue weighted by molar-refractivity contribution is -0.306. The highest BCUT2D eigenvalue weighted by atomic mass is 16.7. The molecule has 0 unspecified atom stereocenters. The molecule has 10 heteroatoms. The SMILES string of the molecule is C=C1C[C@](OC)([C@H](O)C(=O)N[C@H]2OCO[C@@H]3CC(C)(C)[C@@H](C[C@H](O)CO)O[C@@H]32)O[C@H](C)[C@@H]1C. The molecular weight excluding hydrogens is 434 g/mol. The van der Waals surface area contributed by atoms with Crippen molar-refractivity contribution < 1.29 is 43.8 Å². The Labute approximate surface area is 195 Å². The quantitative estimate of drug-likeness (QED) is 0.388. The van der Waals surface area contributed by atoms with Gasteiger partial charge in [0.2, 0.25) is 5.79 Å². The van der Waals surface area contributed by atoms with Crippen LogP contribution in [0.2, 0.25) is 0 Å². The standard InChI is InChI=1S/C23H39NO9/c1-12-8-23(29-6,33-14(3)13(12)2)19(27)20(28)24-21-18-16(30-11-31-21)9-22(4,5)17(32-18)7-15(26)10-25/h13-19,21,25-27H,1,7-11H2,2-6H3,(H,24,28)/t13-,14-,15+,16-,17-,18+,19-,21+,23-/m1/s1. The highest BCUT2D eigenvalue weighted by molar-refractivity contribution is 5.82. The molecule has 4 N–H and O–H groups in total. The maximum atomic E-state index is 13.1. The largest absolute Gasteiger partial charge is 0.394 e. The van der Waals surface area contributed by atoms with Crippen molar-refractivity contribution in [2.75, 3.05) is 20.5 Å².